The molecular formula is C17H13NO5. The lowest BCUT2D eigenvalue weighted by Crippen LogP contribution is -2.02. The molecule has 0 heterocycles. The Balaban J connectivity index is 1.86. The number of rotatable bonds is 6. The number of nitro benzene ring substituents is 1. The van der Waals surface area contributed by atoms with Crippen LogP contribution in [-0.2, 0) is 16.1 Å². The van der Waals surface area contributed by atoms with Crippen LogP contribution in [0.5, 0.6) is 0 Å². The van der Waals surface area contributed by atoms with Crippen LogP contribution in [0.15, 0.2) is 66.7 Å². The van der Waals surface area contributed by atoms with Crippen molar-refractivity contribution in [1.82, 2.24) is 0 Å². The zero-order valence-corrected chi connectivity index (χ0v) is 12.0. The second kappa shape index (κ2) is 7.65. The Labute approximate surface area is 132 Å². The topological polar surface area (TPSA) is 86.5 Å². The van der Waals surface area contributed by atoms with Crippen LogP contribution in [0.2, 0.25) is 0 Å². The van der Waals surface area contributed by atoms with Gasteiger partial charge in [-0.25, -0.2) is 4.79 Å². The lowest BCUT2D eigenvalue weighted by Gasteiger charge is -2.02. The predicted molar refractivity (Wildman–Crippen MR) is 82.8 cm³/mol. The number of ether oxygens (including phenoxy) is 1. The van der Waals surface area contributed by atoms with Crippen molar-refractivity contribution >= 4 is 17.4 Å². The normalized spacial score (nSPS) is 10.4. The molecule has 0 unspecified atom stereocenters. The number of hydrogen-bond acceptors (Lipinski definition) is 5. The summed E-state index contributed by atoms with van der Waals surface area (Å²) in [5, 5.41) is 10.5. The molecule has 0 radical (unpaired) electrons. The SMILES string of the molecule is O=C(C=CC(=O)c1ccccc1)OCc1ccc([N+](=O)[O-])cc1. The van der Waals surface area contributed by atoms with Crippen molar-refractivity contribution in [3.05, 3.63) is 88.0 Å². The molecule has 0 aliphatic rings. The first-order chi connectivity index (χ1) is 11.1. The van der Waals surface area contributed by atoms with Crippen LogP contribution in [0.1, 0.15) is 15.9 Å². The highest BCUT2D eigenvalue weighted by atomic mass is 16.6. The highest BCUT2D eigenvalue weighted by Crippen LogP contribution is 2.12. The van der Waals surface area contributed by atoms with Crippen molar-refractivity contribution in [2.75, 3.05) is 0 Å². The van der Waals surface area contributed by atoms with E-state index in [2.05, 4.69) is 0 Å². The molecule has 0 bridgehead atoms. The van der Waals surface area contributed by atoms with Crippen molar-refractivity contribution in [1.29, 1.82) is 0 Å². The van der Waals surface area contributed by atoms with Gasteiger partial charge in [-0.1, -0.05) is 30.3 Å². The van der Waals surface area contributed by atoms with Crippen LogP contribution in [0, 0.1) is 10.1 Å². The number of nitrogens with zero attached hydrogens (tertiary/aromatic N) is 1. The Kier molecular flexibility index (Phi) is 5.35. The summed E-state index contributed by atoms with van der Waals surface area (Å²) < 4.78 is 4.97. The van der Waals surface area contributed by atoms with E-state index in [0.717, 1.165) is 12.2 Å². The summed E-state index contributed by atoms with van der Waals surface area (Å²) in [6.07, 6.45) is 2.20. The van der Waals surface area contributed by atoms with Crippen molar-refractivity contribution < 1.29 is 19.2 Å². The number of ketones is 1. The fourth-order valence-electron chi connectivity index (χ4n) is 1.76. The minimum absolute atomic E-state index is 0.0271. The van der Waals surface area contributed by atoms with Crippen molar-refractivity contribution in [2.24, 2.45) is 0 Å². The molecule has 0 N–H and O–H groups in total. The molecule has 0 spiro atoms. The third kappa shape index (κ3) is 4.89. The molecular weight excluding hydrogens is 298 g/mol. The second-order valence-electron chi connectivity index (χ2n) is 4.59. The predicted octanol–water partition coefficient (Wildman–Crippen LogP) is 3.08. The van der Waals surface area contributed by atoms with Gasteiger partial charge in [-0.2, -0.15) is 0 Å². The molecule has 2 rings (SSSR count). The molecule has 2 aromatic rings. The Bertz CT molecular complexity index is 735. The Morgan fingerprint density at radius 2 is 1.65 bits per heavy atom. The van der Waals surface area contributed by atoms with Gasteiger partial charge in [-0.15, -0.1) is 0 Å². The maximum absolute atomic E-state index is 11.8. The number of carbonyl (C=O) groups excluding carboxylic acids is 2. The van der Waals surface area contributed by atoms with E-state index in [1.54, 1.807) is 30.3 Å². The first kappa shape index (κ1) is 16.1. The average molecular weight is 311 g/mol. The Morgan fingerprint density at radius 3 is 2.26 bits per heavy atom. The molecule has 6 heteroatoms. The number of benzene rings is 2. The molecule has 0 saturated heterocycles. The standard InChI is InChI=1S/C17H13NO5/c19-16(14-4-2-1-3-5-14)10-11-17(20)23-12-13-6-8-15(9-7-13)18(21)22/h1-11H,12H2. The molecule has 23 heavy (non-hydrogen) atoms. The van der Waals surface area contributed by atoms with Crippen LogP contribution in [0.4, 0.5) is 5.69 Å². The largest absolute Gasteiger partial charge is 0.458 e. The van der Waals surface area contributed by atoms with E-state index in [1.807, 2.05) is 0 Å². The summed E-state index contributed by atoms with van der Waals surface area (Å²) in [6.45, 7) is -0.0271. The summed E-state index contributed by atoms with van der Waals surface area (Å²) in [4.78, 5) is 33.3. The van der Waals surface area contributed by atoms with Crippen LogP contribution >= 0.6 is 0 Å². The number of allylic oxidation sites excluding steroid dienone is 1. The quantitative estimate of drug-likeness (QED) is 0.269. The van der Waals surface area contributed by atoms with E-state index >= 15 is 0 Å². The second-order valence-corrected chi connectivity index (χ2v) is 4.59. The third-order valence-electron chi connectivity index (χ3n) is 2.96. The van der Waals surface area contributed by atoms with Gasteiger partial charge >= 0.3 is 5.97 Å². The van der Waals surface area contributed by atoms with E-state index in [1.165, 1.54) is 24.3 Å². The highest BCUT2D eigenvalue weighted by molar-refractivity contribution is 6.06. The van der Waals surface area contributed by atoms with Gasteiger partial charge in [0.1, 0.15) is 6.61 Å². The Morgan fingerprint density at radius 1 is 1.00 bits per heavy atom. The zero-order valence-electron chi connectivity index (χ0n) is 12.0. The van der Waals surface area contributed by atoms with Crippen LogP contribution in [-0.4, -0.2) is 16.7 Å². The van der Waals surface area contributed by atoms with Crippen molar-refractivity contribution in [3.63, 3.8) is 0 Å². The monoisotopic (exact) mass is 311 g/mol. The first-order valence-corrected chi connectivity index (χ1v) is 6.74. The number of hydrogen-bond donors (Lipinski definition) is 0. The number of esters is 1. The Hall–Kier alpha value is -3.28. The summed E-state index contributed by atoms with van der Waals surface area (Å²) >= 11 is 0. The van der Waals surface area contributed by atoms with Gasteiger partial charge in [0.05, 0.1) is 4.92 Å². The summed E-state index contributed by atoms with van der Waals surface area (Å²) in [5.74, 6) is -0.953. The van der Waals surface area contributed by atoms with Gasteiger partial charge in [0.25, 0.3) is 5.69 Å². The third-order valence-corrected chi connectivity index (χ3v) is 2.96. The summed E-state index contributed by atoms with van der Waals surface area (Å²) in [6, 6.07) is 14.2. The summed E-state index contributed by atoms with van der Waals surface area (Å²) in [7, 11) is 0. The highest BCUT2D eigenvalue weighted by Gasteiger charge is 2.06. The molecule has 0 atom stereocenters. The lowest BCUT2D eigenvalue weighted by molar-refractivity contribution is -0.384. The fraction of sp³-hybridized carbons (Fsp3) is 0.0588. The maximum Gasteiger partial charge on any atom is 0.331 e. The number of carbonyl (C=O) groups is 2. The minimum Gasteiger partial charge on any atom is -0.458 e. The van der Waals surface area contributed by atoms with E-state index in [0.29, 0.717) is 11.1 Å². The fourth-order valence-corrected chi connectivity index (χ4v) is 1.76. The van der Waals surface area contributed by atoms with Gasteiger partial charge in [-0.05, 0) is 23.8 Å². The van der Waals surface area contributed by atoms with Crippen LogP contribution in [0.3, 0.4) is 0 Å². The van der Waals surface area contributed by atoms with Gasteiger partial charge < -0.3 is 4.74 Å². The molecule has 0 aliphatic heterocycles. The van der Waals surface area contributed by atoms with Crippen LogP contribution < -0.4 is 0 Å². The summed E-state index contributed by atoms with van der Waals surface area (Å²) in [5.41, 5.74) is 1.06. The zero-order chi connectivity index (χ0) is 16.7. The maximum atomic E-state index is 11.8. The molecule has 0 aromatic heterocycles. The van der Waals surface area contributed by atoms with E-state index in [9.17, 15) is 19.7 Å². The molecule has 0 amide bonds. The molecule has 116 valence electrons. The smallest absolute Gasteiger partial charge is 0.331 e. The van der Waals surface area contributed by atoms with Crippen LogP contribution in [0.25, 0.3) is 0 Å². The molecule has 0 fully saturated rings. The van der Waals surface area contributed by atoms with Gasteiger partial charge in [0.15, 0.2) is 5.78 Å². The molecule has 0 saturated carbocycles. The average Bonchev–Trinajstić information content (AvgIpc) is 2.59. The number of non-ortho nitro benzene ring substituents is 1. The lowest BCUT2D eigenvalue weighted by atomic mass is 10.1. The first-order valence-electron chi connectivity index (χ1n) is 6.74. The van der Waals surface area contributed by atoms with E-state index in [-0.39, 0.29) is 18.1 Å². The molecule has 2 aromatic carbocycles. The van der Waals surface area contributed by atoms with Gasteiger partial charge in [0, 0.05) is 23.8 Å². The number of nitro groups is 1. The van der Waals surface area contributed by atoms with Crippen molar-refractivity contribution in [2.45, 2.75) is 6.61 Å². The molecule has 0 aliphatic carbocycles. The molecule has 6 nitrogen and oxygen atoms in total. The van der Waals surface area contributed by atoms with E-state index in [4.69, 9.17) is 4.74 Å². The van der Waals surface area contributed by atoms with Gasteiger partial charge in [0.2, 0.25) is 0 Å². The minimum atomic E-state index is -0.660. The van der Waals surface area contributed by atoms with Crippen molar-refractivity contribution in [3.8, 4) is 0 Å². The van der Waals surface area contributed by atoms with Gasteiger partial charge in [-0.3, -0.25) is 14.9 Å². The van der Waals surface area contributed by atoms with E-state index < -0.39 is 10.9 Å².